The Morgan fingerprint density at radius 2 is 2.33 bits per heavy atom. The summed E-state index contributed by atoms with van der Waals surface area (Å²) in [7, 11) is 1.56. The smallest absolute Gasteiger partial charge is 0.151 e. The van der Waals surface area contributed by atoms with E-state index < -0.39 is 0 Å². The third-order valence-corrected chi connectivity index (χ3v) is 1.76. The molecule has 12 heavy (non-hydrogen) atoms. The molecule has 0 fully saturated rings. The molecule has 0 bridgehead atoms. The first-order valence-corrected chi connectivity index (χ1v) is 3.53. The average Bonchev–Trinajstić information content (AvgIpc) is 2.48. The summed E-state index contributed by atoms with van der Waals surface area (Å²) in [6.45, 7) is 0. The Morgan fingerprint density at radius 1 is 1.50 bits per heavy atom. The van der Waals surface area contributed by atoms with Gasteiger partial charge in [0.15, 0.2) is 5.52 Å². The Balaban J connectivity index is 2.84. The van der Waals surface area contributed by atoms with Gasteiger partial charge in [0.05, 0.1) is 13.3 Å². The van der Waals surface area contributed by atoms with Gasteiger partial charge in [-0.2, -0.15) is 0 Å². The summed E-state index contributed by atoms with van der Waals surface area (Å²) in [5.41, 5.74) is 0.597. The Morgan fingerprint density at radius 3 is 3.08 bits per heavy atom. The summed E-state index contributed by atoms with van der Waals surface area (Å²) < 4.78 is 5.05. The van der Waals surface area contributed by atoms with Gasteiger partial charge in [0.2, 0.25) is 0 Å². The molecular formula is C8H8N2O2. The lowest BCUT2D eigenvalue weighted by molar-refractivity contribution is 0.159. The summed E-state index contributed by atoms with van der Waals surface area (Å²) in [5, 5.41) is 13.8. The largest absolute Gasteiger partial charge is 0.494 e. The van der Waals surface area contributed by atoms with E-state index >= 15 is 0 Å². The van der Waals surface area contributed by atoms with Gasteiger partial charge < -0.3 is 9.94 Å². The minimum Gasteiger partial charge on any atom is -0.494 e. The summed E-state index contributed by atoms with van der Waals surface area (Å²) in [4.78, 5) is 0.814. The molecular weight excluding hydrogens is 156 g/mol. The topological polar surface area (TPSA) is 47.3 Å². The van der Waals surface area contributed by atoms with E-state index in [0.717, 1.165) is 10.2 Å². The van der Waals surface area contributed by atoms with Gasteiger partial charge in [-0.25, -0.2) is 0 Å². The Labute approximate surface area is 68.9 Å². The first kappa shape index (κ1) is 6.97. The number of hydrogen-bond donors (Lipinski definition) is 1. The number of para-hydroxylation sites is 1. The number of nitrogens with zero attached hydrogens (tertiary/aromatic N) is 2. The second kappa shape index (κ2) is 2.41. The average molecular weight is 164 g/mol. The van der Waals surface area contributed by atoms with Crippen molar-refractivity contribution < 1.29 is 9.94 Å². The highest BCUT2D eigenvalue weighted by Gasteiger charge is 2.05. The predicted octanol–water partition coefficient (Wildman–Crippen LogP) is 1.28. The molecule has 0 atom stereocenters. The summed E-state index contributed by atoms with van der Waals surface area (Å²) in [6.07, 6.45) is 1.58. The maximum absolute atomic E-state index is 9.25. The third kappa shape index (κ3) is 0.812. The van der Waals surface area contributed by atoms with Gasteiger partial charge in [-0.3, -0.25) is 0 Å². The van der Waals surface area contributed by atoms with Crippen molar-refractivity contribution in [1.82, 2.24) is 9.94 Å². The van der Waals surface area contributed by atoms with Crippen molar-refractivity contribution in [3.8, 4) is 5.75 Å². The van der Waals surface area contributed by atoms with Crippen LogP contribution in [0.15, 0.2) is 24.4 Å². The molecule has 0 saturated carbocycles. The fraction of sp³-hybridized carbons (Fsp3) is 0.125. The molecule has 4 heteroatoms. The zero-order valence-corrected chi connectivity index (χ0v) is 6.56. The van der Waals surface area contributed by atoms with Crippen LogP contribution in [-0.4, -0.2) is 22.3 Å². The van der Waals surface area contributed by atoms with Crippen LogP contribution in [0.2, 0.25) is 0 Å². The van der Waals surface area contributed by atoms with Gasteiger partial charge in [-0.15, -0.1) is 5.10 Å². The van der Waals surface area contributed by atoms with Crippen molar-refractivity contribution in [1.29, 1.82) is 0 Å². The molecule has 1 N–H and O–H groups in total. The summed E-state index contributed by atoms with van der Waals surface area (Å²) in [6, 6.07) is 5.48. The molecule has 0 unspecified atom stereocenters. The number of aromatic nitrogens is 2. The van der Waals surface area contributed by atoms with Crippen LogP contribution in [0.1, 0.15) is 0 Å². The molecule has 0 amide bonds. The van der Waals surface area contributed by atoms with Crippen LogP contribution in [0.25, 0.3) is 10.9 Å². The van der Waals surface area contributed by atoms with Crippen molar-refractivity contribution in [2.24, 2.45) is 0 Å². The second-order valence-electron chi connectivity index (χ2n) is 2.43. The molecule has 2 rings (SSSR count). The molecule has 0 aliphatic rings. The molecule has 4 nitrogen and oxygen atoms in total. The van der Waals surface area contributed by atoms with Crippen LogP contribution in [0.5, 0.6) is 5.75 Å². The Bertz CT molecular complexity index is 408. The normalized spacial score (nSPS) is 10.4. The van der Waals surface area contributed by atoms with E-state index in [0.29, 0.717) is 11.3 Å². The van der Waals surface area contributed by atoms with Crippen molar-refractivity contribution in [2.45, 2.75) is 0 Å². The quantitative estimate of drug-likeness (QED) is 0.646. The van der Waals surface area contributed by atoms with Crippen LogP contribution < -0.4 is 4.74 Å². The minimum atomic E-state index is 0.597. The van der Waals surface area contributed by atoms with Crippen molar-refractivity contribution in [3.05, 3.63) is 24.4 Å². The maximum Gasteiger partial charge on any atom is 0.151 e. The Kier molecular flexibility index (Phi) is 1.40. The molecule has 0 aliphatic carbocycles. The van der Waals surface area contributed by atoms with E-state index in [1.165, 1.54) is 0 Å². The SMILES string of the molecule is COc1cccc2cnn(O)c12. The number of methoxy groups -OCH3 is 1. The molecule has 1 aromatic heterocycles. The van der Waals surface area contributed by atoms with Crippen molar-refractivity contribution in [2.75, 3.05) is 7.11 Å². The molecule has 1 heterocycles. The lowest BCUT2D eigenvalue weighted by Crippen LogP contribution is -1.93. The van der Waals surface area contributed by atoms with Crippen molar-refractivity contribution >= 4 is 10.9 Å². The van der Waals surface area contributed by atoms with Crippen LogP contribution in [-0.2, 0) is 0 Å². The molecule has 0 radical (unpaired) electrons. The molecule has 0 saturated heterocycles. The van der Waals surface area contributed by atoms with Gasteiger partial charge in [0.25, 0.3) is 0 Å². The van der Waals surface area contributed by atoms with E-state index in [1.54, 1.807) is 19.4 Å². The molecule has 1 aromatic carbocycles. The maximum atomic E-state index is 9.25. The fourth-order valence-electron chi connectivity index (χ4n) is 1.20. The van der Waals surface area contributed by atoms with Gasteiger partial charge in [0.1, 0.15) is 5.75 Å². The lowest BCUT2D eigenvalue weighted by atomic mass is 10.2. The highest BCUT2D eigenvalue weighted by Crippen LogP contribution is 2.23. The van der Waals surface area contributed by atoms with Crippen LogP contribution >= 0.6 is 0 Å². The predicted molar refractivity (Wildman–Crippen MR) is 43.5 cm³/mol. The highest BCUT2D eigenvalue weighted by molar-refractivity contribution is 5.84. The monoisotopic (exact) mass is 164 g/mol. The van der Waals surface area contributed by atoms with E-state index in [2.05, 4.69) is 5.10 Å². The highest BCUT2D eigenvalue weighted by atomic mass is 16.5. The number of rotatable bonds is 1. The molecule has 0 spiro atoms. The first-order valence-electron chi connectivity index (χ1n) is 3.53. The van der Waals surface area contributed by atoms with E-state index in [9.17, 15) is 5.21 Å². The fourth-order valence-corrected chi connectivity index (χ4v) is 1.20. The van der Waals surface area contributed by atoms with Crippen LogP contribution in [0.3, 0.4) is 0 Å². The zero-order chi connectivity index (χ0) is 8.55. The number of ether oxygens (including phenoxy) is 1. The summed E-state index contributed by atoms with van der Waals surface area (Å²) in [5.74, 6) is 0.618. The Hall–Kier alpha value is -1.71. The molecule has 0 aliphatic heterocycles. The third-order valence-electron chi connectivity index (χ3n) is 1.76. The van der Waals surface area contributed by atoms with Crippen LogP contribution in [0.4, 0.5) is 0 Å². The van der Waals surface area contributed by atoms with Crippen molar-refractivity contribution in [3.63, 3.8) is 0 Å². The van der Waals surface area contributed by atoms with Gasteiger partial charge >= 0.3 is 0 Å². The lowest BCUT2D eigenvalue weighted by Gasteiger charge is -2.00. The zero-order valence-electron chi connectivity index (χ0n) is 6.56. The summed E-state index contributed by atoms with van der Waals surface area (Å²) >= 11 is 0. The first-order chi connectivity index (χ1) is 5.83. The van der Waals surface area contributed by atoms with E-state index in [4.69, 9.17) is 4.74 Å². The number of hydrogen-bond acceptors (Lipinski definition) is 3. The number of benzene rings is 1. The minimum absolute atomic E-state index is 0.597. The number of fused-ring (bicyclic) bond motifs is 1. The van der Waals surface area contributed by atoms with Gasteiger partial charge in [0, 0.05) is 5.39 Å². The standard InChI is InChI=1S/C8H8N2O2/c1-12-7-4-2-3-6-5-9-10(11)8(6)7/h2-5,11H,1H3. The molecule has 2 aromatic rings. The van der Waals surface area contributed by atoms with Crippen LogP contribution in [0, 0.1) is 0 Å². The van der Waals surface area contributed by atoms with E-state index in [-0.39, 0.29) is 0 Å². The van der Waals surface area contributed by atoms with E-state index in [1.807, 2.05) is 12.1 Å². The van der Waals surface area contributed by atoms with Gasteiger partial charge in [-0.1, -0.05) is 17.0 Å². The second-order valence-corrected chi connectivity index (χ2v) is 2.43. The van der Waals surface area contributed by atoms with Gasteiger partial charge in [-0.05, 0) is 6.07 Å². The molecule has 62 valence electrons.